The zero-order chi connectivity index (χ0) is 20.0. The second-order valence-electron chi connectivity index (χ2n) is 9.51. The van der Waals surface area contributed by atoms with Crippen molar-refractivity contribution in [3.8, 4) is 0 Å². The Morgan fingerprint density at radius 3 is 2.72 bits per heavy atom. The van der Waals surface area contributed by atoms with Crippen molar-refractivity contribution in [2.45, 2.75) is 68.1 Å². The highest BCUT2D eigenvalue weighted by molar-refractivity contribution is 7.90. The number of piperidine rings is 1. The summed E-state index contributed by atoms with van der Waals surface area (Å²) in [6, 6.07) is 0.257. The van der Waals surface area contributed by atoms with Crippen molar-refractivity contribution in [1.82, 2.24) is 30.9 Å². The average molecular weight is 429 g/mol. The van der Waals surface area contributed by atoms with Gasteiger partial charge >= 0.3 is 0 Å². The largest absolute Gasteiger partial charge is 0.378 e. The molecule has 0 aromatic carbocycles. The van der Waals surface area contributed by atoms with Gasteiger partial charge in [0.2, 0.25) is 10.0 Å². The number of nitrogens with zero attached hydrogens (tertiary/aromatic N) is 2. The van der Waals surface area contributed by atoms with E-state index >= 15 is 0 Å². The van der Waals surface area contributed by atoms with Crippen LogP contribution in [0.1, 0.15) is 38.5 Å². The van der Waals surface area contributed by atoms with Crippen LogP contribution in [0.15, 0.2) is 0 Å². The quantitative estimate of drug-likeness (QED) is 0.452. The van der Waals surface area contributed by atoms with Gasteiger partial charge in [0.15, 0.2) is 0 Å². The molecule has 166 valence electrons. The van der Waals surface area contributed by atoms with E-state index < -0.39 is 15.3 Å². The van der Waals surface area contributed by atoms with Crippen LogP contribution in [0.4, 0.5) is 0 Å². The smallest absolute Gasteiger partial charge is 0.217 e. The predicted octanol–water partition coefficient (Wildman–Crippen LogP) is -0.803. The first kappa shape index (κ1) is 20.6. The Hall–Kier alpha value is -0.330. The van der Waals surface area contributed by atoms with Crippen LogP contribution in [-0.4, -0.2) is 87.9 Å². The van der Waals surface area contributed by atoms with Crippen LogP contribution in [0.3, 0.4) is 0 Å². The lowest BCUT2D eigenvalue weighted by molar-refractivity contribution is -0.100. The maximum Gasteiger partial charge on any atom is 0.217 e. The lowest BCUT2D eigenvalue weighted by Crippen LogP contribution is -2.56. The minimum absolute atomic E-state index is 0.000696. The molecule has 0 amide bonds. The molecule has 0 spiro atoms. The maximum absolute atomic E-state index is 13.2. The number of sulfonamides is 1. The molecule has 5 aliphatic rings. The number of hydrogen-bond donors (Lipinski definition) is 4. The molecule has 7 unspecified atom stereocenters. The van der Waals surface area contributed by atoms with Crippen molar-refractivity contribution in [2.75, 3.05) is 39.8 Å². The molecule has 4 aliphatic heterocycles. The van der Waals surface area contributed by atoms with Gasteiger partial charge in [-0.05, 0) is 50.5 Å². The minimum atomic E-state index is -3.38. The van der Waals surface area contributed by atoms with E-state index in [1.54, 1.807) is 0 Å². The topological polar surface area (TPSA) is 98.0 Å². The number of rotatable bonds is 5. The second-order valence-corrected chi connectivity index (χ2v) is 11.5. The van der Waals surface area contributed by atoms with Gasteiger partial charge in [0.05, 0.1) is 12.3 Å². The van der Waals surface area contributed by atoms with Crippen LogP contribution in [0, 0.1) is 11.8 Å². The van der Waals surface area contributed by atoms with Crippen molar-refractivity contribution < 1.29 is 13.2 Å². The van der Waals surface area contributed by atoms with Gasteiger partial charge in [0, 0.05) is 45.4 Å². The van der Waals surface area contributed by atoms with Crippen molar-refractivity contribution >= 4 is 10.0 Å². The van der Waals surface area contributed by atoms with Gasteiger partial charge in [-0.2, -0.15) is 0 Å². The van der Waals surface area contributed by atoms with Crippen molar-refractivity contribution in [2.24, 2.45) is 11.8 Å². The van der Waals surface area contributed by atoms with E-state index in [0.717, 1.165) is 45.4 Å². The number of ether oxygens (including phenoxy) is 1. The first-order valence-corrected chi connectivity index (χ1v) is 12.9. The highest BCUT2D eigenvalue weighted by Crippen LogP contribution is 2.32. The highest BCUT2D eigenvalue weighted by Gasteiger charge is 2.45. The maximum atomic E-state index is 13.2. The minimum Gasteiger partial charge on any atom is -0.378 e. The number of fused-ring (bicyclic) bond motifs is 1. The molecule has 29 heavy (non-hydrogen) atoms. The lowest BCUT2D eigenvalue weighted by Gasteiger charge is -2.41. The summed E-state index contributed by atoms with van der Waals surface area (Å²) in [6.07, 6.45) is 7.10. The van der Waals surface area contributed by atoms with Crippen LogP contribution < -0.4 is 20.9 Å². The molecule has 0 radical (unpaired) electrons. The fourth-order valence-electron chi connectivity index (χ4n) is 6.02. The highest BCUT2D eigenvalue weighted by atomic mass is 32.2. The molecule has 9 nitrogen and oxygen atoms in total. The third-order valence-electron chi connectivity index (χ3n) is 7.77. The molecule has 5 rings (SSSR count). The van der Waals surface area contributed by atoms with Gasteiger partial charge in [-0.1, -0.05) is 6.42 Å². The zero-order valence-electron chi connectivity index (χ0n) is 17.3. The summed E-state index contributed by atoms with van der Waals surface area (Å²) in [5.74, 6) is 1.12. The summed E-state index contributed by atoms with van der Waals surface area (Å²) in [5.41, 5.74) is 6.74. The SMILES string of the molecule is CN1NCC2CCCC(NS(=O)(=O)C3CNN(C4CC(C5CCO5)CCN4)C3)C21. The summed E-state index contributed by atoms with van der Waals surface area (Å²) in [5, 5.41) is 7.38. The van der Waals surface area contributed by atoms with Gasteiger partial charge in [0.1, 0.15) is 5.25 Å². The molecular weight excluding hydrogens is 392 g/mol. The van der Waals surface area contributed by atoms with Crippen molar-refractivity contribution in [3.63, 3.8) is 0 Å². The Kier molecular flexibility index (Phi) is 5.89. The Balaban J connectivity index is 1.19. The van der Waals surface area contributed by atoms with E-state index in [2.05, 4.69) is 30.9 Å². The van der Waals surface area contributed by atoms with E-state index in [9.17, 15) is 8.42 Å². The van der Waals surface area contributed by atoms with Gasteiger partial charge in [-0.3, -0.25) is 10.9 Å². The lowest BCUT2D eigenvalue weighted by atomic mass is 9.82. The molecule has 4 heterocycles. The van der Waals surface area contributed by atoms with Crippen LogP contribution in [0.2, 0.25) is 0 Å². The molecule has 0 aromatic rings. The Bertz CT molecular complexity index is 687. The fraction of sp³-hybridized carbons (Fsp3) is 1.00. The summed E-state index contributed by atoms with van der Waals surface area (Å²) in [4.78, 5) is 0. The Morgan fingerprint density at radius 2 is 1.93 bits per heavy atom. The fourth-order valence-corrected chi connectivity index (χ4v) is 7.54. The molecule has 4 saturated heterocycles. The van der Waals surface area contributed by atoms with Crippen LogP contribution in [0.25, 0.3) is 0 Å². The number of hydrogen-bond acceptors (Lipinski definition) is 8. The molecule has 1 saturated carbocycles. The van der Waals surface area contributed by atoms with E-state index in [1.807, 2.05) is 7.05 Å². The summed E-state index contributed by atoms with van der Waals surface area (Å²) < 4.78 is 35.2. The molecule has 1 aliphatic carbocycles. The molecule has 0 aromatic heterocycles. The van der Waals surface area contributed by atoms with E-state index in [4.69, 9.17) is 4.74 Å². The monoisotopic (exact) mass is 428 g/mol. The van der Waals surface area contributed by atoms with E-state index in [0.29, 0.717) is 31.0 Å². The van der Waals surface area contributed by atoms with E-state index in [-0.39, 0.29) is 18.2 Å². The Morgan fingerprint density at radius 1 is 1.07 bits per heavy atom. The van der Waals surface area contributed by atoms with Crippen LogP contribution >= 0.6 is 0 Å². The van der Waals surface area contributed by atoms with Crippen LogP contribution in [0.5, 0.6) is 0 Å². The third kappa shape index (κ3) is 4.10. The first-order valence-electron chi connectivity index (χ1n) is 11.3. The normalized spacial score (nSPS) is 44.5. The van der Waals surface area contributed by atoms with Gasteiger partial charge in [0.25, 0.3) is 0 Å². The summed E-state index contributed by atoms with van der Waals surface area (Å²) in [6.45, 7) is 3.82. The molecule has 10 heteroatoms. The summed E-state index contributed by atoms with van der Waals surface area (Å²) in [7, 11) is -1.34. The molecule has 7 atom stereocenters. The van der Waals surface area contributed by atoms with Gasteiger partial charge in [-0.15, -0.1) is 0 Å². The predicted molar refractivity (Wildman–Crippen MR) is 110 cm³/mol. The number of nitrogens with one attached hydrogen (secondary N) is 4. The first-order chi connectivity index (χ1) is 14.0. The van der Waals surface area contributed by atoms with E-state index in [1.165, 1.54) is 12.8 Å². The molecule has 0 bridgehead atoms. The number of hydrazine groups is 2. The van der Waals surface area contributed by atoms with Gasteiger partial charge in [-0.25, -0.2) is 23.2 Å². The Labute approximate surface area is 174 Å². The second kappa shape index (κ2) is 8.31. The number of likely N-dealkylation sites (N-methyl/N-ethyl adjacent to an activating group) is 1. The van der Waals surface area contributed by atoms with Crippen molar-refractivity contribution in [3.05, 3.63) is 0 Å². The zero-order valence-corrected chi connectivity index (χ0v) is 18.2. The standard InChI is InChI=1S/C19H36N6O3S/c1-24-19-14(10-21-24)3-2-4-16(19)23-29(26,27)15-11-22-25(12-15)18-9-13(5-7-20-18)17-6-8-28-17/h13-23H,2-12H2,1H3. The average Bonchev–Trinajstić information content (AvgIpc) is 3.29. The van der Waals surface area contributed by atoms with Crippen molar-refractivity contribution in [1.29, 1.82) is 0 Å². The van der Waals surface area contributed by atoms with Gasteiger partial charge < -0.3 is 10.1 Å². The van der Waals surface area contributed by atoms with Crippen LogP contribution in [-0.2, 0) is 14.8 Å². The summed E-state index contributed by atoms with van der Waals surface area (Å²) >= 11 is 0. The third-order valence-corrected chi connectivity index (χ3v) is 9.59. The molecule has 5 fully saturated rings. The molecular formula is C19H36N6O3S. The molecule has 4 N–H and O–H groups in total.